The van der Waals surface area contributed by atoms with Crippen LogP contribution in [0.15, 0.2) is 12.1 Å². The maximum absolute atomic E-state index is 9.63. The highest BCUT2D eigenvalue weighted by Crippen LogP contribution is 2.37. The van der Waals surface area contributed by atoms with Crippen molar-refractivity contribution in [2.24, 2.45) is 7.05 Å². The molecule has 0 amide bonds. The summed E-state index contributed by atoms with van der Waals surface area (Å²) in [4.78, 5) is 0. The van der Waals surface area contributed by atoms with Crippen molar-refractivity contribution < 1.29 is 5.11 Å². The van der Waals surface area contributed by atoms with Crippen molar-refractivity contribution in [2.75, 3.05) is 5.73 Å². The summed E-state index contributed by atoms with van der Waals surface area (Å²) >= 11 is 6.04. The van der Waals surface area contributed by atoms with Gasteiger partial charge in [-0.05, 0) is 31.0 Å². The van der Waals surface area contributed by atoms with Crippen LogP contribution >= 0.6 is 11.6 Å². The van der Waals surface area contributed by atoms with Crippen LogP contribution in [0.25, 0.3) is 11.3 Å². The quantitative estimate of drug-likeness (QED) is 0.819. The van der Waals surface area contributed by atoms with Gasteiger partial charge in [0, 0.05) is 18.7 Å². The average Bonchev–Trinajstić information content (AvgIpc) is 2.56. The van der Waals surface area contributed by atoms with Crippen LogP contribution in [0.5, 0.6) is 5.75 Å². The molecule has 0 saturated carbocycles. The predicted molar refractivity (Wildman–Crippen MR) is 69.2 cm³/mol. The van der Waals surface area contributed by atoms with Gasteiger partial charge in [-0.3, -0.25) is 4.68 Å². The fourth-order valence-corrected chi connectivity index (χ4v) is 2.09. The lowest BCUT2D eigenvalue weighted by atomic mass is 9.99. The summed E-state index contributed by atoms with van der Waals surface area (Å²) in [6, 6.07) is 3.43. The molecule has 17 heavy (non-hydrogen) atoms. The molecular weight excluding hydrogens is 238 g/mol. The molecule has 0 fully saturated rings. The average molecular weight is 252 g/mol. The Morgan fingerprint density at radius 1 is 1.35 bits per heavy atom. The number of rotatable bonds is 1. The van der Waals surface area contributed by atoms with Crippen LogP contribution in [0.1, 0.15) is 11.1 Å². The van der Waals surface area contributed by atoms with Crippen molar-refractivity contribution >= 4 is 17.4 Å². The zero-order valence-corrected chi connectivity index (χ0v) is 10.7. The highest BCUT2D eigenvalue weighted by Gasteiger charge is 2.15. The van der Waals surface area contributed by atoms with Gasteiger partial charge in [-0.1, -0.05) is 11.6 Å². The molecule has 1 heterocycles. The van der Waals surface area contributed by atoms with E-state index in [1.807, 2.05) is 13.8 Å². The van der Waals surface area contributed by atoms with E-state index in [0.717, 1.165) is 22.4 Å². The molecule has 0 saturated heterocycles. The fourth-order valence-electron chi connectivity index (χ4n) is 1.94. The minimum Gasteiger partial charge on any atom is -0.506 e. The van der Waals surface area contributed by atoms with Crippen LogP contribution in [-0.4, -0.2) is 14.9 Å². The molecule has 0 radical (unpaired) electrons. The number of nitrogen functional groups attached to an aromatic ring is 1. The van der Waals surface area contributed by atoms with E-state index >= 15 is 0 Å². The summed E-state index contributed by atoms with van der Waals surface area (Å²) in [5.74, 6) is 0.678. The number of nitrogens with zero attached hydrogens (tertiary/aromatic N) is 2. The number of benzene rings is 1. The highest BCUT2D eigenvalue weighted by molar-refractivity contribution is 6.33. The minimum atomic E-state index is 0.0920. The Bertz CT molecular complexity index is 570. The summed E-state index contributed by atoms with van der Waals surface area (Å²) in [7, 11) is 1.78. The molecule has 0 unspecified atom stereocenters. The molecule has 1 aromatic carbocycles. The first-order valence-corrected chi connectivity index (χ1v) is 5.58. The van der Waals surface area contributed by atoms with Crippen molar-refractivity contribution in [1.29, 1.82) is 0 Å². The van der Waals surface area contributed by atoms with E-state index in [1.54, 1.807) is 23.9 Å². The Morgan fingerprint density at radius 3 is 2.53 bits per heavy atom. The Hall–Kier alpha value is -1.68. The van der Waals surface area contributed by atoms with Gasteiger partial charge in [-0.2, -0.15) is 5.10 Å². The van der Waals surface area contributed by atoms with Gasteiger partial charge in [0.2, 0.25) is 0 Å². The Labute approximate surface area is 105 Å². The zero-order valence-electron chi connectivity index (χ0n) is 9.95. The number of phenols is 1. The van der Waals surface area contributed by atoms with E-state index in [-0.39, 0.29) is 5.75 Å². The van der Waals surface area contributed by atoms with Crippen LogP contribution in [0.2, 0.25) is 5.02 Å². The summed E-state index contributed by atoms with van der Waals surface area (Å²) in [6.45, 7) is 3.76. The van der Waals surface area contributed by atoms with E-state index in [2.05, 4.69) is 5.10 Å². The minimum absolute atomic E-state index is 0.0920. The summed E-state index contributed by atoms with van der Waals surface area (Å²) in [5, 5.41) is 14.3. The number of anilines is 1. The molecule has 0 spiro atoms. The largest absolute Gasteiger partial charge is 0.506 e. The molecule has 0 aliphatic rings. The first-order chi connectivity index (χ1) is 7.91. The van der Waals surface area contributed by atoms with E-state index in [0.29, 0.717) is 10.8 Å². The highest BCUT2D eigenvalue weighted by atomic mass is 35.5. The number of aromatic hydroxyl groups is 1. The van der Waals surface area contributed by atoms with E-state index in [1.165, 1.54) is 0 Å². The van der Waals surface area contributed by atoms with Gasteiger partial charge in [0.05, 0.1) is 10.7 Å². The summed E-state index contributed by atoms with van der Waals surface area (Å²) in [6.07, 6.45) is 0. The maximum atomic E-state index is 9.63. The van der Waals surface area contributed by atoms with Gasteiger partial charge in [0.1, 0.15) is 11.6 Å². The van der Waals surface area contributed by atoms with E-state index in [4.69, 9.17) is 17.3 Å². The first kappa shape index (κ1) is 11.8. The van der Waals surface area contributed by atoms with Crippen molar-refractivity contribution in [3.63, 3.8) is 0 Å². The van der Waals surface area contributed by atoms with Crippen LogP contribution in [0.3, 0.4) is 0 Å². The lowest BCUT2D eigenvalue weighted by molar-refractivity contribution is 0.475. The molecule has 2 rings (SSSR count). The standard InChI is InChI=1S/C12H14ClN3O/c1-6-4-9(17)12(13)7(2)11(6)8-5-10(14)16(3)15-8/h4-5,17H,14H2,1-3H3. The van der Waals surface area contributed by atoms with Gasteiger partial charge in [0.15, 0.2) is 0 Å². The van der Waals surface area contributed by atoms with Gasteiger partial charge in [0.25, 0.3) is 0 Å². The van der Waals surface area contributed by atoms with Crippen LogP contribution in [0.4, 0.5) is 5.82 Å². The number of hydrogen-bond acceptors (Lipinski definition) is 3. The lowest BCUT2D eigenvalue weighted by Crippen LogP contribution is -1.97. The van der Waals surface area contributed by atoms with Gasteiger partial charge in [-0.25, -0.2) is 0 Å². The predicted octanol–water partition coefficient (Wildman–Crippen LogP) is 2.65. The monoisotopic (exact) mass is 251 g/mol. The number of aryl methyl sites for hydroxylation is 2. The van der Waals surface area contributed by atoms with Crippen LogP contribution in [0, 0.1) is 13.8 Å². The second-order valence-corrected chi connectivity index (χ2v) is 4.48. The molecular formula is C12H14ClN3O. The molecule has 0 bridgehead atoms. The van der Waals surface area contributed by atoms with Crippen molar-refractivity contribution in [3.05, 3.63) is 28.3 Å². The first-order valence-electron chi connectivity index (χ1n) is 5.20. The van der Waals surface area contributed by atoms with Crippen molar-refractivity contribution in [2.45, 2.75) is 13.8 Å². The Morgan fingerprint density at radius 2 is 2.00 bits per heavy atom. The lowest BCUT2D eigenvalue weighted by Gasteiger charge is -2.10. The molecule has 0 atom stereocenters. The molecule has 1 aromatic heterocycles. The van der Waals surface area contributed by atoms with Gasteiger partial charge in [-0.15, -0.1) is 0 Å². The molecule has 3 N–H and O–H groups in total. The van der Waals surface area contributed by atoms with Crippen molar-refractivity contribution in [1.82, 2.24) is 9.78 Å². The summed E-state index contributed by atoms with van der Waals surface area (Å²) in [5.41, 5.74) is 9.17. The number of halogens is 1. The zero-order chi connectivity index (χ0) is 12.7. The normalized spacial score (nSPS) is 10.8. The Balaban J connectivity index is 2.71. The third-order valence-corrected chi connectivity index (χ3v) is 3.33. The third-order valence-electron chi connectivity index (χ3n) is 2.85. The fraction of sp³-hybridized carbons (Fsp3) is 0.250. The molecule has 4 nitrogen and oxygen atoms in total. The van der Waals surface area contributed by atoms with E-state index in [9.17, 15) is 5.11 Å². The number of nitrogens with two attached hydrogens (primary N) is 1. The van der Waals surface area contributed by atoms with Crippen molar-refractivity contribution in [3.8, 4) is 17.0 Å². The third kappa shape index (κ3) is 1.85. The summed E-state index contributed by atoms with van der Waals surface area (Å²) < 4.78 is 1.61. The van der Waals surface area contributed by atoms with Crippen LogP contribution in [-0.2, 0) is 7.05 Å². The molecule has 0 aliphatic carbocycles. The van der Waals surface area contributed by atoms with E-state index < -0.39 is 0 Å². The smallest absolute Gasteiger partial charge is 0.134 e. The Kier molecular flexibility index (Phi) is 2.75. The molecule has 5 heteroatoms. The molecule has 2 aromatic rings. The second kappa shape index (κ2) is 3.96. The SMILES string of the molecule is Cc1cc(O)c(Cl)c(C)c1-c1cc(N)n(C)n1. The van der Waals surface area contributed by atoms with Gasteiger partial charge >= 0.3 is 0 Å². The number of hydrogen-bond donors (Lipinski definition) is 2. The van der Waals surface area contributed by atoms with Crippen LogP contribution < -0.4 is 5.73 Å². The molecule has 0 aliphatic heterocycles. The number of phenolic OH excluding ortho intramolecular Hbond substituents is 1. The van der Waals surface area contributed by atoms with Gasteiger partial charge < -0.3 is 10.8 Å². The maximum Gasteiger partial charge on any atom is 0.134 e. The number of aromatic nitrogens is 2. The molecule has 90 valence electrons. The topological polar surface area (TPSA) is 64.1 Å². The second-order valence-electron chi connectivity index (χ2n) is 4.10.